The zero-order chi connectivity index (χ0) is 16.3. The van der Waals surface area contributed by atoms with Gasteiger partial charge in [0, 0.05) is 24.4 Å². The molecule has 0 bridgehead atoms. The lowest BCUT2D eigenvalue weighted by molar-refractivity contribution is -0.385. The van der Waals surface area contributed by atoms with Crippen molar-refractivity contribution in [3.63, 3.8) is 0 Å². The summed E-state index contributed by atoms with van der Waals surface area (Å²) in [6.07, 6.45) is -2.65. The molecular formula is C13H14F3N3O3. The highest BCUT2D eigenvalue weighted by Gasteiger charge is 2.35. The molecule has 6 nitrogen and oxygen atoms in total. The minimum atomic E-state index is -4.75. The third-order valence-corrected chi connectivity index (χ3v) is 3.24. The van der Waals surface area contributed by atoms with Gasteiger partial charge < -0.3 is 10.6 Å². The molecule has 120 valence electrons. The topological polar surface area (TPSA) is 84.3 Å². The zero-order valence-electron chi connectivity index (χ0n) is 11.4. The lowest BCUT2D eigenvalue weighted by atomic mass is 10.1. The SMILES string of the molecule is O=C(CNc1ccc([N+](=O)[O-])cc1C(F)(F)F)NCC1CC1. The van der Waals surface area contributed by atoms with Gasteiger partial charge in [-0.1, -0.05) is 0 Å². The maximum absolute atomic E-state index is 12.9. The van der Waals surface area contributed by atoms with Crippen molar-refractivity contribution in [3.8, 4) is 0 Å². The van der Waals surface area contributed by atoms with Crippen LogP contribution in [0.25, 0.3) is 0 Å². The number of hydrogen-bond donors (Lipinski definition) is 2. The Morgan fingerprint density at radius 1 is 1.36 bits per heavy atom. The van der Waals surface area contributed by atoms with Crippen LogP contribution in [0.4, 0.5) is 24.5 Å². The van der Waals surface area contributed by atoms with E-state index in [4.69, 9.17) is 0 Å². The molecule has 1 amide bonds. The first-order valence-electron chi connectivity index (χ1n) is 6.63. The first-order valence-corrected chi connectivity index (χ1v) is 6.63. The highest BCUT2D eigenvalue weighted by molar-refractivity contribution is 5.81. The van der Waals surface area contributed by atoms with Crippen molar-refractivity contribution in [1.29, 1.82) is 0 Å². The summed E-state index contributed by atoms with van der Waals surface area (Å²) in [6, 6.07) is 2.36. The molecule has 1 aliphatic rings. The number of nitrogens with one attached hydrogen (secondary N) is 2. The Kier molecular flexibility index (Phi) is 4.53. The van der Waals surface area contributed by atoms with Gasteiger partial charge >= 0.3 is 6.18 Å². The van der Waals surface area contributed by atoms with Crippen LogP contribution in [0.3, 0.4) is 0 Å². The number of hydrogen-bond acceptors (Lipinski definition) is 4. The summed E-state index contributed by atoms with van der Waals surface area (Å²) >= 11 is 0. The number of nitro groups is 1. The standard InChI is InChI=1S/C13H14F3N3O3/c14-13(15,16)10-5-9(19(21)22)3-4-11(10)17-7-12(20)18-6-8-1-2-8/h3-5,8,17H,1-2,6-7H2,(H,18,20). The Bertz CT molecular complexity index is 586. The number of carbonyl (C=O) groups is 1. The molecule has 2 rings (SSSR count). The molecule has 1 aromatic rings. The van der Waals surface area contributed by atoms with Gasteiger partial charge in [-0.05, 0) is 24.8 Å². The molecular weight excluding hydrogens is 303 g/mol. The third-order valence-electron chi connectivity index (χ3n) is 3.24. The van der Waals surface area contributed by atoms with Crippen molar-refractivity contribution in [2.24, 2.45) is 5.92 Å². The van der Waals surface area contributed by atoms with E-state index in [1.807, 2.05) is 0 Å². The lowest BCUT2D eigenvalue weighted by Crippen LogP contribution is -2.31. The van der Waals surface area contributed by atoms with Gasteiger partial charge in [-0.25, -0.2) is 0 Å². The summed E-state index contributed by atoms with van der Waals surface area (Å²) in [5.74, 6) is 0.0486. The van der Waals surface area contributed by atoms with E-state index in [0.29, 0.717) is 18.5 Å². The molecule has 2 N–H and O–H groups in total. The fourth-order valence-corrected chi connectivity index (χ4v) is 1.85. The average molecular weight is 317 g/mol. The van der Waals surface area contributed by atoms with Crippen LogP contribution in [0.1, 0.15) is 18.4 Å². The molecule has 1 fully saturated rings. The number of anilines is 1. The van der Waals surface area contributed by atoms with Crippen LogP contribution < -0.4 is 10.6 Å². The van der Waals surface area contributed by atoms with E-state index in [9.17, 15) is 28.1 Å². The second-order valence-corrected chi connectivity index (χ2v) is 5.09. The fourth-order valence-electron chi connectivity index (χ4n) is 1.85. The second-order valence-electron chi connectivity index (χ2n) is 5.09. The van der Waals surface area contributed by atoms with Gasteiger partial charge in [-0.2, -0.15) is 13.2 Å². The normalized spacial score (nSPS) is 14.5. The van der Waals surface area contributed by atoms with Crippen molar-refractivity contribution in [2.75, 3.05) is 18.4 Å². The van der Waals surface area contributed by atoms with E-state index in [1.165, 1.54) is 0 Å². The van der Waals surface area contributed by atoms with E-state index >= 15 is 0 Å². The molecule has 0 aliphatic heterocycles. The number of nitro benzene ring substituents is 1. The minimum absolute atomic E-state index is 0.326. The maximum Gasteiger partial charge on any atom is 0.418 e. The number of nitrogens with zero attached hydrogens (tertiary/aromatic N) is 1. The monoisotopic (exact) mass is 317 g/mol. The predicted octanol–water partition coefficient (Wildman–Crippen LogP) is 2.55. The third kappa shape index (κ3) is 4.34. The first-order chi connectivity index (χ1) is 10.3. The highest BCUT2D eigenvalue weighted by atomic mass is 19.4. The van der Waals surface area contributed by atoms with Crippen LogP contribution in [0.2, 0.25) is 0 Å². The number of benzene rings is 1. The Morgan fingerprint density at radius 2 is 2.05 bits per heavy atom. The van der Waals surface area contributed by atoms with Crippen molar-refractivity contribution in [3.05, 3.63) is 33.9 Å². The van der Waals surface area contributed by atoms with Crippen molar-refractivity contribution in [1.82, 2.24) is 5.32 Å². The first kappa shape index (κ1) is 16.1. The molecule has 22 heavy (non-hydrogen) atoms. The second kappa shape index (κ2) is 6.20. The molecule has 0 atom stereocenters. The van der Waals surface area contributed by atoms with Gasteiger partial charge in [0.2, 0.25) is 5.91 Å². The molecule has 1 aliphatic carbocycles. The Labute approximate surface area is 123 Å². The van der Waals surface area contributed by atoms with E-state index < -0.39 is 28.3 Å². The van der Waals surface area contributed by atoms with E-state index in [0.717, 1.165) is 25.0 Å². The van der Waals surface area contributed by atoms with Gasteiger partial charge in [0.1, 0.15) is 0 Å². The largest absolute Gasteiger partial charge is 0.418 e. The summed E-state index contributed by atoms with van der Waals surface area (Å²) in [6.45, 7) is 0.195. The molecule has 1 saturated carbocycles. The van der Waals surface area contributed by atoms with Gasteiger partial charge in [-0.3, -0.25) is 14.9 Å². The molecule has 1 aromatic carbocycles. The molecule has 0 radical (unpaired) electrons. The number of carbonyl (C=O) groups excluding carboxylic acids is 1. The van der Waals surface area contributed by atoms with Crippen molar-refractivity contribution >= 4 is 17.3 Å². The van der Waals surface area contributed by atoms with E-state index in [2.05, 4.69) is 10.6 Å². The van der Waals surface area contributed by atoms with Crippen LogP contribution >= 0.6 is 0 Å². The van der Waals surface area contributed by atoms with Crippen molar-refractivity contribution < 1.29 is 22.9 Å². The fraction of sp³-hybridized carbons (Fsp3) is 0.462. The number of rotatable bonds is 6. The van der Waals surface area contributed by atoms with Gasteiger partial charge in [0.15, 0.2) is 0 Å². The van der Waals surface area contributed by atoms with Crippen LogP contribution in [0, 0.1) is 16.0 Å². The summed E-state index contributed by atoms with van der Waals surface area (Å²) in [5.41, 5.74) is -2.19. The lowest BCUT2D eigenvalue weighted by Gasteiger charge is -2.14. The van der Waals surface area contributed by atoms with E-state index in [-0.39, 0.29) is 12.2 Å². The average Bonchev–Trinajstić information content (AvgIpc) is 3.25. The number of non-ortho nitro benzene ring substituents is 1. The quantitative estimate of drug-likeness (QED) is 0.624. The van der Waals surface area contributed by atoms with Gasteiger partial charge in [0.25, 0.3) is 5.69 Å². The van der Waals surface area contributed by atoms with Crippen LogP contribution in [-0.4, -0.2) is 23.9 Å². The Morgan fingerprint density at radius 3 is 2.59 bits per heavy atom. The molecule has 9 heteroatoms. The number of alkyl halides is 3. The summed E-state index contributed by atoms with van der Waals surface area (Å²) in [5, 5.41) is 15.6. The van der Waals surface area contributed by atoms with Crippen LogP contribution in [-0.2, 0) is 11.0 Å². The molecule has 0 spiro atoms. The molecule has 0 unspecified atom stereocenters. The van der Waals surface area contributed by atoms with Crippen molar-refractivity contribution in [2.45, 2.75) is 19.0 Å². The maximum atomic E-state index is 12.9. The smallest absolute Gasteiger partial charge is 0.376 e. The molecule has 0 heterocycles. The van der Waals surface area contributed by atoms with Gasteiger partial charge in [-0.15, -0.1) is 0 Å². The molecule has 0 aromatic heterocycles. The molecule has 0 saturated heterocycles. The summed E-state index contributed by atoms with van der Waals surface area (Å²) in [4.78, 5) is 21.2. The Balaban J connectivity index is 2.05. The zero-order valence-corrected chi connectivity index (χ0v) is 11.4. The predicted molar refractivity (Wildman–Crippen MR) is 72.3 cm³/mol. The Hall–Kier alpha value is -2.32. The number of amides is 1. The minimum Gasteiger partial charge on any atom is -0.376 e. The summed E-state index contributed by atoms with van der Waals surface area (Å²) < 4.78 is 38.7. The summed E-state index contributed by atoms with van der Waals surface area (Å²) in [7, 11) is 0. The van der Waals surface area contributed by atoms with Crippen LogP contribution in [0.5, 0.6) is 0 Å². The van der Waals surface area contributed by atoms with Gasteiger partial charge in [0.05, 0.1) is 17.0 Å². The number of halogens is 3. The van der Waals surface area contributed by atoms with Crippen LogP contribution in [0.15, 0.2) is 18.2 Å². The highest BCUT2D eigenvalue weighted by Crippen LogP contribution is 2.37. The van der Waals surface area contributed by atoms with E-state index in [1.54, 1.807) is 0 Å².